The minimum absolute atomic E-state index is 0.191. The summed E-state index contributed by atoms with van der Waals surface area (Å²) in [5.41, 5.74) is 0.148. The van der Waals surface area contributed by atoms with Crippen LogP contribution >= 0.6 is 0 Å². The van der Waals surface area contributed by atoms with E-state index in [1.165, 1.54) is 0 Å². The lowest BCUT2D eigenvalue weighted by atomic mass is 9.90. The first-order valence-electron chi connectivity index (χ1n) is 5.77. The molecule has 2 rings (SSSR count). The van der Waals surface area contributed by atoms with Crippen molar-refractivity contribution in [2.45, 2.75) is 44.4 Å². The van der Waals surface area contributed by atoms with Gasteiger partial charge in [-0.2, -0.15) is 13.2 Å². The molecule has 1 nitrogen and oxygen atoms in total. The Balaban J connectivity index is 2.24. The summed E-state index contributed by atoms with van der Waals surface area (Å²) < 4.78 is 37.3. The molecule has 0 radical (unpaired) electrons. The van der Waals surface area contributed by atoms with Gasteiger partial charge >= 0.3 is 6.18 Å². The number of halogens is 3. The van der Waals surface area contributed by atoms with Crippen LogP contribution in [-0.2, 0) is 11.7 Å². The summed E-state index contributed by atoms with van der Waals surface area (Å²) in [6.07, 6.45) is -2.24. The Labute approximate surface area is 99.0 Å². The van der Waals surface area contributed by atoms with Crippen molar-refractivity contribution in [3.63, 3.8) is 0 Å². The van der Waals surface area contributed by atoms with Crippen LogP contribution in [0.1, 0.15) is 37.8 Å². The first kappa shape index (κ1) is 12.4. The maximum Gasteiger partial charge on any atom is 0.416 e. The van der Waals surface area contributed by atoms with Gasteiger partial charge in [-0.25, -0.2) is 0 Å². The third kappa shape index (κ3) is 2.46. The molecule has 0 spiro atoms. The highest BCUT2D eigenvalue weighted by atomic mass is 19.4. The van der Waals surface area contributed by atoms with Gasteiger partial charge in [0.05, 0.1) is 5.56 Å². The van der Waals surface area contributed by atoms with Gasteiger partial charge < -0.3 is 5.32 Å². The average molecular weight is 243 g/mol. The monoisotopic (exact) mass is 243 g/mol. The number of hydrogen-bond donors (Lipinski definition) is 1. The topological polar surface area (TPSA) is 12.0 Å². The number of nitrogens with one attached hydrogen (secondary N) is 1. The molecule has 1 aromatic carbocycles. The van der Waals surface area contributed by atoms with E-state index in [0.717, 1.165) is 30.5 Å². The minimum atomic E-state index is -4.25. The molecular formula is C13H16F3N. The van der Waals surface area contributed by atoms with Crippen LogP contribution in [0.3, 0.4) is 0 Å². The Kier molecular flexibility index (Phi) is 2.94. The zero-order chi connectivity index (χ0) is 12.7. The van der Waals surface area contributed by atoms with Gasteiger partial charge in [0.2, 0.25) is 0 Å². The summed E-state index contributed by atoms with van der Waals surface area (Å²) in [5.74, 6) is 0. The molecule has 0 aromatic heterocycles. The third-order valence-electron chi connectivity index (χ3n) is 3.49. The van der Waals surface area contributed by atoms with E-state index in [0.29, 0.717) is 6.04 Å². The lowest BCUT2D eigenvalue weighted by Gasteiger charge is -2.26. The Morgan fingerprint density at radius 3 is 2.24 bits per heavy atom. The van der Waals surface area contributed by atoms with Crippen molar-refractivity contribution >= 4 is 0 Å². The fourth-order valence-electron chi connectivity index (χ4n) is 2.45. The van der Waals surface area contributed by atoms with Crippen LogP contribution in [0.4, 0.5) is 13.2 Å². The van der Waals surface area contributed by atoms with Gasteiger partial charge in [0.1, 0.15) is 0 Å². The second-order valence-electron chi connectivity index (χ2n) is 4.99. The van der Waals surface area contributed by atoms with E-state index in [1.54, 1.807) is 12.1 Å². The van der Waals surface area contributed by atoms with E-state index in [-0.39, 0.29) is 5.54 Å². The normalized spacial score (nSPS) is 29.6. The van der Waals surface area contributed by atoms with Crippen LogP contribution in [0.5, 0.6) is 0 Å². The fraction of sp³-hybridized carbons (Fsp3) is 0.538. The summed E-state index contributed by atoms with van der Waals surface area (Å²) >= 11 is 0. The lowest BCUT2D eigenvalue weighted by Crippen LogP contribution is -2.36. The molecule has 1 saturated heterocycles. The number of rotatable bonds is 1. The van der Waals surface area contributed by atoms with Gasteiger partial charge in [-0.1, -0.05) is 12.1 Å². The molecule has 2 unspecified atom stereocenters. The van der Waals surface area contributed by atoms with Crippen molar-refractivity contribution in [3.8, 4) is 0 Å². The molecule has 1 aromatic rings. The maximum absolute atomic E-state index is 12.4. The van der Waals surface area contributed by atoms with Crippen LogP contribution < -0.4 is 5.32 Å². The molecule has 4 heteroatoms. The summed E-state index contributed by atoms with van der Waals surface area (Å²) in [4.78, 5) is 0. The molecule has 1 N–H and O–H groups in total. The molecule has 1 aliphatic rings. The highest BCUT2D eigenvalue weighted by Gasteiger charge is 2.35. The average Bonchev–Trinajstić information content (AvgIpc) is 2.59. The van der Waals surface area contributed by atoms with Crippen molar-refractivity contribution in [1.82, 2.24) is 5.32 Å². The van der Waals surface area contributed by atoms with Crippen LogP contribution in [0, 0.1) is 0 Å². The SMILES string of the molecule is CC1CCC(C)(c2ccc(C(F)(F)F)cc2)N1. The highest BCUT2D eigenvalue weighted by molar-refractivity contribution is 5.30. The van der Waals surface area contributed by atoms with E-state index < -0.39 is 11.7 Å². The molecule has 17 heavy (non-hydrogen) atoms. The van der Waals surface area contributed by atoms with Crippen LogP contribution in [-0.4, -0.2) is 6.04 Å². The maximum atomic E-state index is 12.4. The van der Waals surface area contributed by atoms with E-state index in [9.17, 15) is 13.2 Å². The van der Waals surface area contributed by atoms with E-state index >= 15 is 0 Å². The number of hydrogen-bond acceptors (Lipinski definition) is 1. The molecule has 94 valence electrons. The molecule has 0 aliphatic carbocycles. The first-order valence-corrected chi connectivity index (χ1v) is 5.77. The molecule has 0 bridgehead atoms. The molecule has 0 saturated carbocycles. The number of benzene rings is 1. The van der Waals surface area contributed by atoms with Crippen molar-refractivity contribution < 1.29 is 13.2 Å². The zero-order valence-electron chi connectivity index (χ0n) is 9.93. The lowest BCUT2D eigenvalue weighted by molar-refractivity contribution is -0.137. The second-order valence-corrected chi connectivity index (χ2v) is 4.99. The largest absolute Gasteiger partial charge is 0.416 e. The summed E-state index contributed by atoms with van der Waals surface area (Å²) in [6.45, 7) is 4.13. The summed E-state index contributed by atoms with van der Waals surface area (Å²) in [6, 6.07) is 5.89. The van der Waals surface area contributed by atoms with Crippen LogP contribution in [0.15, 0.2) is 24.3 Å². The van der Waals surface area contributed by atoms with Crippen LogP contribution in [0.2, 0.25) is 0 Å². The Hall–Kier alpha value is -1.03. The molecule has 1 heterocycles. The Morgan fingerprint density at radius 2 is 1.82 bits per heavy atom. The summed E-state index contributed by atoms with van der Waals surface area (Å²) in [5, 5.41) is 3.42. The zero-order valence-corrected chi connectivity index (χ0v) is 9.93. The molecule has 2 atom stereocenters. The van der Waals surface area contributed by atoms with Crippen LogP contribution in [0.25, 0.3) is 0 Å². The Morgan fingerprint density at radius 1 is 1.24 bits per heavy atom. The second kappa shape index (κ2) is 4.02. The van der Waals surface area contributed by atoms with Crippen molar-refractivity contribution in [2.75, 3.05) is 0 Å². The predicted octanol–water partition coefficient (Wildman–Crippen LogP) is 3.69. The van der Waals surface area contributed by atoms with E-state index in [1.807, 2.05) is 6.92 Å². The summed E-state index contributed by atoms with van der Waals surface area (Å²) in [7, 11) is 0. The van der Waals surface area contributed by atoms with Gasteiger partial charge in [0.15, 0.2) is 0 Å². The van der Waals surface area contributed by atoms with Crippen molar-refractivity contribution in [3.05, 3.63) is 35.4 Å². The van der Waals surface area contributed by atoms with Gasteiger partial charge in [-0.15, -0.1) is 0 Å². The quantitative estimate of drug-likeness (QED) is 0.793. The first-order chi connectivity index (χ1) is 7.81. The highest BCUT2D eigenvalue weighted by Crippen LogP contribution is 2.35. The standard InChI is InChI=1S/C13H16F3N/c1-9-7-8-12(2,17-9)10-3-5-11(6-4-10)13(14,15)16/h3-6,9,17H,7-8H2,1-2H3. The van der Waals surface area contributed by atoms with Gasteiger partial charge in [0, 0.05) is 11.6 Å². The fourth-order valence-corrected chi connectivity index (χ4v) is 2.45. The molecule has 1 fully saturated rings. The third-order valence-corrected chi connectivity index (χ3v) is 3.49. The van der Waals surface area contributed by atoms with Gasteiger partial charge in [0.25, 0.3) is 0 Å². The number of alkyl halides is 3. The van der Waals surface area contributed by atoms with Crippen molar-refractivity contribution in [2.24, 2.45) is 0 Å². The van der Waals surface area contributed by atoms with Crippen molar-refractivity contribution in [1.29, 1.82) is 0 Å². The minimum Gasteiger partial charge on any atom is -0.305 e. The van der Waals surface area contributed by atoms with Gasteiger partial charge in [-0.3, -0.25) is 0 Å². The Bertz CT molecular complexity index is 396. The molecular weight excluding hydrogens is 227 g/mol. The predicted molar refractivity (Wildman–Crippen MR) is 60.6 cm³/mol. The molecule has 1 aliphatic heterocycles. The molecule has 0 amide bonds. The van der Waals surface area contributed by atoms with E-state index in [4.69, 9.17) is 0 Å². The van der Waals surface area contributed by atoms with E-state index in [2.05, 4.69) is 12.2 Å². The smallest absolute Gasteiger partial charge is 0.305 e. The van der Waals surface area contributed by atoms with Gasteiger partial charge in [-0.05, 0) is 44.4 Å².